The van der Waals surface area contributed by atoms with Gasteiger partial charge in [0.1, 0.15) is 12.3 Å². The van der Waals surface area contributed by atoms with Crippen molar-refractivity contribution in [1.29, 1.82) is 0 Å². The molecule has 1 N–H and O–H groups in total. The summed E-state index contributed by atoms with van der Waals surface area (Å²) in [6.45, 7) is 9.17. The minimum absolute atomic E-state index is 0.0246. The van der Waals surface area contributed by atoms with Crippen LogP contribution in [0.5, 0.6) is 5.75 Å². The van der Waals surface area contributed by atoms with Crippen LogP contribution in [0.3, 0.4) is 0 Å². The Morgan fingerprint density at radius 1 is 1.10 bits per heavy atom. The fourth-order valence-electron chi connectivity index (χ4n) is 3.16. The summed E-state index contributed by atoms with van der Waals surface area (Å²) >= 11 is 0. The highest BCUT2D eigenvalue weighted by atomic mass is 16.5. The zero-order valence-corrected chi connectivity index (χ0v) is 18.9. The van der Waals surface area contributed by atoms with Crippen molar-refractivity contribution in [2.45, 2.75) is 40.3 Å². The summed E-state index contributed by atoms with van der Waals surface area (Å²) in [7, 11) is 3.56. The van der Waals surface area contributed by atoms with Crippen LogP contribution in [0.15, 0.2) is 42.6 Å². The minimum atomic E-state index is -0.299. The highest BCUT2D eigenvalue weighted by molar-refractivity contribution is 5.92. The van der Waals surface area contributed by atoms with Gasteiger partial charge >= 0.3 is 6.03 Å². The van der Waals surface area contributed by atoms with Crippen molar-refractivity contribution >= 4 is 17.6 Å². The Hall–Kier alpha value is -2.96. The van der Waals surface area contributed by atoms with Crippen molar-refractivity contribution in [3.8, 4) is 5.75 Å². The second kappa shape index (κ2) is 10.7. The van der Waals surface area contributed by atoms with Gasteiger partial charge in [-0.25, -0.2) is 4.79 Å². The predicted molar refractivity (Wildman–Crippen MR) is 120 cm³/mol. The van der Waals surface area contributed by atoms with Crippen LogP contribution in [-0.2, 0) is 18.4 Å². The van der Waals surface area contributed by atoms with E-state index in [9.17, 15) is 9.59 Å². The summed E-state index contributed by atoms with van der Waals surface area (Å²) in [5.74, 6) is 0.979. The molecule has 0 saturated heterocycles. The first-order valence-electron chi connectivity index (χ1n) is 10.3. The molecule has 0 aliphatic heterocycles. The van der Waals surface area contributed by atoms with Crippen LogP contribution >= 0.6 is 0 Å². The molecule has 164 valence electrons. The van der Waals surface area contributed by atoms with E-state index in [4.69, 9.17) is 4.74 Å². The van der Waals surface area contributed by atoms with Crippen LogP contribution in [0.1, 0.15) is 33.4 Å². The normalized spacial score (nSPS) is 10.9. The van der Waals surface area contributed by atoms with E-state index >= 15 is 0 Å². The monoisotopic (exact) mass is 414 g/mol. The molecule has 1 aromatic carbocycles. The maximum atomic E-state index is 13.1. The summed E-state index contributed by atoms with van der Waals surface area (Å²) in [5.41, 5.74) is 1.71. The van der Waals surface area contributed by atoms with E-state index in [-0.39, 0.29) is 24.5 Å². The molecule has 1 aromatic heterocycles. The van der Waals surface area contributed by atoms with E-state index in [0.29, 0.717) is 30.4 Å². The molecule has 1 heterocycles. The van der Waals surface area contributed by atoms with Gasteiger partial charge in [0.15, 0.2) is 0 Å². The largest absolute Gasteiger partial charge is 0.497 e. The molecule has 2 rings (SSSR count). The number of aryl methyl sites for hydroxylation is 1. The number of carbonyl (C=O) groups excluding carboxylic acids is 2. The maximum absolute atomic E-state index is 13.1. The molecule has 7 nitrogen and oxygen atoms in total. The lowest BCUT2D eigenvalue weighted by molar-refractivity contribution is -0.133. The van der Waals surface area contributed by atoms with Crippen molar-refractivity contribution in [2.24, 2.45) is 13.0 Å². The maximum Gasteiger partial charge on any atom is 0.322 e. The third kappa shape index (κ3) is 6.54. The molecule has 7 heteroatoms. The zero-order valence-electron chi connectivity index (χ0n) is 18.9. The lowest BCUT2D eigenvalue weighted by atomic mass is 10.2. The lowest BCUT2D eigenvalue weighted by Crippen LogP contribution is -2.48. The van der Waals surface area contributed by atoms with Gasteiger partial charge in [-0.05, 0) is 56.2 Å². The number of anilines is 1. The van der Waals surface area contributed by atoms with Gasteiger partial charge in [-0.2, -0.15) is 0 Å². The molecule has 0 unspecified atom stereocenters. The molecular weight excluding hydrogens is 380 g/mol. The van der Waals surface area contributed by atoms with Gasteiger partial charge in [0, 0.05) is 37.2 Å². The van der Waals surface area contributed by atoms with Gasteiger partial charge in [-0.1, -0.05) is 13.8 Å². The Morgan fingerprint density at radius 2 is 1.77 bits per heavy atom. The van der Waals surface area contributed by atoms with Gasteiger partial charge in [0.2, 0.25) is 5.91 Å². The lowest BCUT2D eigenvalue weighted by Gasteiger charge is -2.31. The molecule has 0 spiro atoms. The number of rotatable bonds is 9. The molecule has 0 saturated carbocycles. The number of hydrogen-bond donors (Lipinski definition) is 1. The quantitative estimate of drug-likeness (QED) is 0.675. The summed E-state index contributed by atoms with van der Waals surface area (Å²) in [6, 6.07) is 10.7. The van der Waals surface area contributed by atoms with Gasteiger partial charge in [-0.3, -0.25) is 4.79 Å². The Labute approximate surface area is 179 Å². The molecule has 0 radical (unpaired) electrons. The van der Waals surface area contributed by atoms with Crippen molar-refractivity contribution < 1.29 is 14.3 Å². The fourth-order valence-corrected chi connectivity index (χ4v) is 3.16. The third-order valence-electron chi connectivity index (χ3n) is 4.87. The average Bonchev–Trinajstić information content (AvgIpc) is 3.09. The fraction of sp³-hybridized carbons (Fsp3) is 0.478. The highest BCUT2D eigenvalue weighted by Gasteiger charge is 2.24. The number of urea groups is 1. The van der Waals surface area contributed by atoms with Crippen LogP contribution in [0.25, 0.3) is 0 Å². The van der Waals surface area contributed by atoms with E-state index in [1.807, 2.05) is 48.7 Å². The summed E-state index contributed by atoms with van der Waals surface area (Å²) in [6.07, 6.45) is 1.97. The van der Waals surface area contributed by atoms with E-state index in [0.717, 1.165) is 5.69 Å². The molecule has 30 heavy (non-hydrogen) atoms. The number of methoxy groups -OCH3 is 1. The molecule has 0 aliphatic carbocycles. The summed E-state index contributed by atoms with van der Waals surface area (Å²) in [5, 5.41) is 2.87. The average molecular weight is 415 g/mol. The molecule has 0 bridgehead atoms. The molecule has 3 amide bonds. The van der Waals surface area contributed by atoms with Gasteiger partial charge in [-0.15, -0.1) is 0 Å². The number of amides is 3. The first kappa shape index (κ1) is 23.3. The van der Waals surface area contributed by atoms with Crippen LogP contribution in [0, 0.1) is 5.92 Å². The van der Waals surface area contributed by atoms with Crippen LogP contribution < -0.4 is 10.1 Å². The molecule has 0 fully saturated rings. The second-order valence-corrected chi connectivity index (χ2v) is 8.16. The number of benzene rings is 1. The standard InChI is InChI=1S/C23H34N4O3/c1-17(2)14-26(15-20-8-7-13-25(20)5)22(28)16-27(18(3)4)23(29)24-19-9-11-21(30-6)12-10-19/h7-13,17-18H,14-16H2,1-6H3,(H,24,29). The SMILES string of the molecule is COc1ccc(NC(=O)N(CC(=O)N(Cc2cccn2C)CC(C)C)C(C)C)cc1. The highest BCUT2D eigenvalue weighted by Crippen LogP contribution is 2.16. The van der Waals surface area contributed by atoms with Crippen LogP contribution in [0.2, 0.25) is 0 Å². The zero-order chi connectivity index (χ0) is 22.3. The van der Waals surface area contributed by atoms with Gasteiger partial charge < -0.3 is 24.4 Å². The van der Waals surface area contributed by atoms with E-state index < -0.39 is 0 Å². The van der Waals surface area contributed by atoms with Crippen molar-refractivity contribution in [3.63, 3.8) is 0 Å². The number of nitrogens with one attached hydrogen (secondary N) is 1. The smallest absolute Gasteiger partial charge is 0.322 e. The predicted octanol–water partition coefficient (Wildman–Crippen LogP) is 3.96. The van der Waals surface area contributed by atoms with Crippen molar-refractivity contribution in [1.82, 2.24) is 14.4 Å². The Kier molecular flexibility index (Phi) is 8.33. The van der Waals surface area contributed by atoms with E-state index in [1.165, 1.54) is 0 Å². The number of aromatic nitrogens is 1. The first-order chi connectivity index (χ1) is 14.2. The summed E-state index contributed by atoms with van der Waals surface area (Å²) in [4.78, 5) is 29.4. The Morgan fingerprint density at radius 3 is 2.27 bits per heavy atom. The van der Waals surface area contributed by atoms with Gasteiger partial charge in [0.25, 0.3) is 0 Å². The van der Waals surface area contributed by atoms with E-state index in [2.05, 4.69) is 19.2 Å². The Balaban J connectivity index is 2.10. The number of nitrogens with zero attached hydrogens (tertiary/aromatic N) is 3. The number of ether oxygens (including phenoxy) is 1. The molecule has 0 atom stereocenters. The Bertz CT molecular complexity index is 827. The molecular formula is C23H34N4O3. The third-order valence-corrected chi connectivity index (χ3v) is 4.87. The topological polar surface area (TPSA) is 66.8 Å². The van der Waals surface area contributed by atoms with Crippen molar-refractivity contribution in [3.05, 3.63) is 48.3 Å². The summed E-state index contributed by atoms with van der Waals surface area (Å²) < 4.78 is 7.16. The second-order valence-electron chi connectivity index (χ2n) is 8.16. The number of hydrogen-bond acceptors (Lipinski definition) is 3. The number of carbonyl (C=O) groups is 2. The van der Waals surface area contributed by atoms with Crippen molar-refractivity contribution in [2.75, 3.05) is 25.5 Å². The molecule has 2 aromatic rings. The minimum Gasteiger partial charge on any atom is -0.497 e. The van der Waals surface area contributed by atoms with Crippen LogP contribution in [0.4, 0.5) is 10.5 Å². The van der Waals surface area contributed by atoms with E-state index in [1.54, 1.807) is 36.3 Å². The van der Waals surface area contributed by atoms with Crippen LogP contribution in [-0.4, -0.2) is 52.5 Å². The first-order valence-corrected chi connectivity index (χ1v) is 10.3. The molecule has 0 aliphatic rings. The van der Waals surface area contributed by atoms with Gasteiger partial charge in [0.05, 0.1) is 13.7 Å².